The molecule has 1 amide bonds. The SMILES string of the molecule is Cc1ccc(C)c(NC(=O)[C@H](N[C@H](C)c2ccc(Cl)cc2)c2ccccc2)c1. The summed E-state index contributed by atoms with van der Waals surface area (Å²) in [5, 5.41) is 7.26. The molecule has 0 aliphatic rings. The van der Waals surface area contributed by atoms with Crippen molar-refractivity contribution in [1.29, 1.82) is 0 Å². The van der Waals surface area contributed by atoms with E-state index in [-0.39, 0.29) is 11.9 Å². The number of nitrogens with one attached hydrogen (secondary N) is 2. The number of carbonyl (C=O) groups is 1. The number of amides is 1. The Balaban J connectivity index is 1.85. The van der Waals surface area contributed by atoms with Crippen LogP contribution in [0.5, 0.6) is 0 Å². The maximum atomic E-state index is 13.2. The molecule has 0 saturated heterocycles. The van der Waals surface area contributed by atoms with Crippen LogP contribution in [0.25, 0.3) is 0 Å². The van der Waals surface area contributed by atoms with Crippen LogP contribution in [0.15, 0.2) is 72.8 Å². The number of halogens is 1. The van der Waals surface area contributed by atoms with Gasteiger partial charge in [0.05, 0.1) is 0 Å². The van der Waals surface area contributed by atoms with Crippen molar-refractivity contribution in [3.8, 4) is 0 Å². The fourth-order valence-corrected chi connectivity index (χ4v) is 3.27. The normalized spacial score (nSPS) is 13.0. The van der Waals surface area contributed by atoms with Gasteiger partial charge in [-0.1, -0.05) is 66.2 Å². The van der Waals surface area contributed by atoms with Crippen molar-refractivity contribution in [2.24, 2.45) is 0 Å². The fraction of sp³-hybridized carbons (Fsp3) is 0.208. The second kappa shape index (κ2) is 9.05. The first-order chi connectivity index (χ1) is 13.4. The van der Waals surface area contributed by atoms with Gasteiger partial charge in [-0.25, -0.2) is 0 Å². The Morgan fingerprint density at radius 3 is 2.25 bits per heavy atom. The van der Waals surface area contributed by atoms with E-state index < -0.39 is 6.04 Å². The molecule has 0 unspecified atom stereocenters. The van der Waals surface area contributed by atoms with E-state index in [1.54, 1.807) is 0 Å². The molecule has 0 saturated carbocycles. The largest absolute Gasteiger partial charge is 0.324 e. The van der Waals surface area contributed by atoms with Gasteiger partial charge in [0.25, 0.3) is 0 Å². The molecule has 4 heteroatoms. The first-order valence-corrected chi connectivity index (χ1v) is 9.76. The van der Waals surface area contributed by atoms with Crippen LogP contribution in [0.2, 0.25) is 5.02 Å². The minimum Gasteiger partial charge on any atom is -0.324 e. The van der Waals surface area contributed by atoms with E-state index >= 15 is 0 Å². The zero-order chi connectivity index (χ0) is 20.1. The zero-order valence-corrected chi connectivity index (χ0v) is 17.1. The van der Waals surface area contributed by atoms with Crippen LogP contribution >= 0.6 is 11.6 Å². The average Bonchev–Trinajstić information content (AvgIpc) is 2.70. The Labute approximate surface area is 171 Å². The lowest BCUT2D eigenvalue weighted by Gasteiger charge is -2.24. The molecule has 2 N–H and O–H groups in total. The van der Waals surface area contributed by atoms with Gasteiger partial charge in [-0.15, -0.1) is 0 Å². The first-order valence-electron chi connectivity index (χ1n) is 9.38. The fourth-order valence-electron chi connectivity index (χ4n) is 3.14. The van der Waals surface area contributed by atoms with Gasteiger partial charge in [0, 0.05) is 16.8 Å². The monoisotopic (exact) mass is 392 g/mol. The molecule has 3 aromatic rings. The predicted molar refractivity (Wildman–Crippen MR) is 117 cm³/mol. The Morgan fingerprint density at radius 1 is 0.893 bits per heavy atom. The van der Waals surface area contributed by atoms with E-state index in [0.29, 0.717) is 5.02 Å². The second-order valence-electron chi connectivity index (χ2n) is 7.09. The minimum atomic E-state index is -0.480. The summed E-state index contributed by atoms with van der Waals surface area (Å²) in [6, 6.07) is 23.0. The van der Waals surface area contributed by atoms with Gasteiger partial charge in [0.1, 0.15) is 6.04 Å². The molecule has 2 atom stereocenters. The van der Waals surface area contributed by atoms with Gasteiger partial charge in [-0.05, 0) is 61.2 Å². The van der Waals surface area contributed by atoms with Gasteiger partial charge in [0.2, 0.25) is 5.91 Å². The lowest BCUT2D eigenvalue weighted by atomic mass is 10.0. The molecule has 0 aromatic heterocycles. The van der Waals surface area contributed by atoms with E-state index in [0.717, 1.165) is 27.9 Å². The number of aryl methyl sites for hydroxylation is 2. The second-order valence-corrected chi connectivity index (χ2v) is 7.53. The number of benzene rings is 3. The quantitative estimate of drug-likeness (QED) is 0.541. The van der Waals surface area contributed by atoms with E-state index in [1.165, 1.54) is 0 Å². The van der Waals surface area contributed by atoms with Crippen LogP contribution < -0.4 is 10.6 Å². The van der Waals surface area contributed by atoms with Crippen molar-refractivity contribution in [2.75, 3.05) is 5.32 Å². The van der Waals surface area contributed by atoms with Crippen molar-refractivity contribution in [1.82, 2.24) is 5.32 Å². The van der Waals surface area contributed by atoms with Crippen LogP contribution in [0, 0.1) is 13.8 Å². The van der Waals surface area contributed by atoms with Crippen LogP contribution in [0.4, 0.5) is 5.69 Å². The summed E-state index contributed by atoms with van der Waals surface area (Å²) in [5.74, 6) is -0.0827. The van der Waals surface area contributed by atoms with Gasteiger partial charge in [-0.3, -0.25) is 10.1 Å². The summed E-state index contributed by atoms with van der Waals surface area (Å²) >= 11 is 6.00. The van der Waals surface area contributed by atoms with Gasteiger partial charge in [-0.2, -0.15) is 0 Å². The lowest BCUT2D eigenvalue weighted by Crippen LogP contribution is -2.34. The van der Waals surface area contributed by atoms with E-state index in [4.69, 9.17) is 11.6 Å². The number of anilines is 1. The topological polar surface area (TPSA) is 41.1 Å². The summed E-state index contributed by atoms with van der Waals surface area (Å²) in [6.07, 6.45) is 0. The van der Waals surface area contributed by atoms with Crippen molar-refractivity contribution in [2.45, 2.75) is 32.9 Å². The minimum absolute atomic E-state index is 0.0215. The predicted octanol–water partition coefficient (Wildman–Crippen LogP) is 5.99. The molecule has 0 bridgehead atoms. The van der Waals surface area contributed by atoms with E-state index in [2.05, 4.69) is 10.6 Å². The highest BCUT2D eigenvalue weighted by Crippen LogP contribution is 2.24. The summed E-state index contributed by atoms with van der Waals surface area (Å²) in [4.78, 5) is 13.2. The number of hydrogen-bond acceptors (Lipinski definition) is 2. The Hall–Kier alpha value is -2.62. The molecule has 0 heterocycles. The Morgan fingerprint density at radius 2 is 1.57 bits per heavy atom. The van der Waals surface area contributed by atoms with Crippen LogP contribution in [0.3, 0.4) is 0 Å². The van der Waals surface area contributed by atoms with Crippen LogP contribution in [0.1, 0.15) is 41.3 Å². The maximum absolute atomic E-state index is 13.2. The van der Waals surface area contributed by atoms with Crippen LogP contribution in [-0.2, 0) is 4.79 Å². The number of rotatable bonds is 6. The molecule has 144 valence electrons. The van der Waals surface area contributed by atoms with Crippen molar-refractivity contribution < 1.29 is 4.79 Å². The van der Waals surface area contributed by atoms with Gasteiger partial charge < -0.3 is 5.32 Å². The van der Waals surface area contributed by atoms with Crippen molar-refractivity contribution >= 4 is 23.2 Å². The molecule has 3 nitrogen and oxygen atoms in total. The first kappa shape index (κ1) is 20.1. The smallest absolute Gasteiger partial charge is 0.246 e. The summed E-state index contributed by atoms with van der Waals surface area (Å²) in [5.41, 5.74) is 4.99. The summed E-state index contributed by atoms with van der Waals surface area (Å²) < 4.78 is 0. The summed E-state index contributed by atoms with van der Waals surface area (Å²) in [6.45, 7) is 6.06. The summed E-state index contributed by atoms with van der Waals surface area (Å²) in [7, 11) is 0. The third-order valence-corrected chi connectivity index (χ3v) is 5.08. The highest BCUT2D eigenvalue weighted by Gasteiger charge is 2.23. The Kier molecular flexibility index (Phi) is 6.50. The molecular weight excluding hydrogens is 368 g/mol. The third kappa shape index (κ3) is 5.00. The maximum Gasteiger partial charge on any atom is 0.246 e. The number of carbonyl (C=O) groups excluding carboxylic acids is 1. The highest BCUT2D eigenvalue weighted by molar-refractivity contribution is 6.30. The van der Waals surface area contributed by atoms with Crippen LogP contribution in [-0.4, -0.2) is 5.91 Å². The van der Waals surface area contributed by atoms with E-state index in [9.17, 15) is 4.79 Å². The molecule has 0 aliphatic carbocycles. The molecule has 0 aliphatic heterocycles. The molecule has 0 radical (unpaired) electrons. The van der Waals surface area contributed by atoms with E-state index in [1.807, 2.05) is 93.6 Å². The third-order valence-electron chi connectivity index (χ3n) is 4.83. The number of hydrogen-bond donors (Lipinski definition) is 2. The lowest BCUT2D eigenvalue weighted by molar-refractivity contribution is -0.118. The average molecular weight is 393 g/mol. The van der Waals surface area contributed by atoms with Crippen molar-refractivity contribution in [3.63, 3.8) is 0 Å². The molecule has 3 rings (SSSR count). The van der Waals surface area contributed by atoms with Crippen molar-refractivity contribution in [3.05, 3.63) is 100 Å². The Bertz CT molecular complexity index is 939. The van der Waals surface area contributed by atoms with Gasteiger partial charge >= 0.3 is 0 Å². The van der Waals surface area contributed by atoms with Gasteiger partial charge in [0.15, 0.2) is 0 Å². The molecule has 28 heavy (non-hydrogen) atoms. The molecular formula is C24H25ClN2O. The molecule has 3 aromatic carbocycles. The zero-order valence-electron chi connectivity index (χ0n) is 16.4. The highest BCUT2D eigenvalue weighted by atomic mass is 35.5. The molecule has 0 fully saturated rings. The standard InChI is InChI=1S/C24H25ClN2O/c1-16-9-10-17(2)22(15-16)27-24(28)23(20-7-5-4-6-8-20)26-18(3)19-11-13-21(25)14-12-19/h4-15,18,23,26H,1-3H3,(H,27,28)/t18-,23-/m1/s1. The molecule has 0 spiro atoms.